The number of ether oxygens (including phenoxy) is 1. The third-order valence-corrected chi connectivity index (χ3v) is 4.64. The first kappa shape index (κ1) is 17.2. The summed E-state index contributed by atoms with van der Waals surface area (Å²) in [5, 5.41) is 9.30. The molecule has 0 spiro atoms. The van der Waals surface area contributed by atoms with Gasteiger partial charge >= 0.3 is 5.97 Å². The number of carbonyl (C=O) groups excluding carboxylic acids is 1. The van der Waals surface area contributed by atoms with Gasteiger partial charge in [-0.05, 0) is 24.1 Å². The molecule has 1 aliphatic heterocycles. The molecule has 1 aromatic heterocycles. The summed E-state index contributed by atoms with van der Waals surface area (Å²) in [6.45, 7) is 0.340. The fourth-order valence-electron chi connectivity index (χ4n) is 3.24. The first-order valence-corrected chi connectivity index (χ1v) is 8.37. The van der Waals surface area contributed by atoms with E-state index < -0.39 is 12.0 Å². The van der Waals surface area contributed by atoms with E-state index in [1.165, 1.54) is 4.90 Å². The van der Waals surface area contributed by atoms with Crippen molar-refractivity contribution in [2.75, 3.05) is 13.7 Å². The highest BCUT2D eigenvalue weighted by molar-refractivity contribution is 5.84. The molecule has 2 N–H and O–H groups in total. The molecule has 2 aromatic rings. The first-order chi connectivity index (χ1) is 12.1. The van der Waals surface area contributed by atoms with Crippen molar-refractivity contribution in [1.82, 2.24) is 9.88 Å². The number of likely N-dealkylation sites (tertiary alicyclic amines) is 1. The first-order valence-electron chi connectivity index (χ1n) is 8.37. The van der Waals surface area contributed by atoms with E-state index in [1.807, 2.05) is 42.5 Å². The van der Waals surface area contributed by atoms with Crippen molar-refractivity contribution >= 4 is 11.9 Å². The number of hydrogen-bond donors (Lipinski definition) is 2. The smallest absolute Gasteiger partial charge is 0.326 e. The van der Waals surface area contributed by atoms with Gasteiger partial charge in [-0.2, -0.15) is 0 Å². The number of H-pyrrole nitrogens is 1. The summed E-state index contributed by atoms with van der Waals surface area (Å²) in [6, 6.07) is 13.1. The van der Waals surface area contributed by atoms with E-state index in [0.717, 1.165) is 17.0 Å². The lowest BCUT2D eigenvalue weighted by atomic mass is 10.2. The number of aromatic nitrogens is 1. The monoisotopic (exact) mass is 342 g/mol. The lowest BCUT2D eigenvalue weighted by Gasteiger charge is -2.21. The van der Waals surface area contributed by atoms with Gasteiger partial charge in [-0.3, -0.25) is 4.79 Å². The highest BCUT2D eigenvalue weighted by Crippen LogP contribution is 2.22. The molecule has 1 aliphatic rings. The lowest BCUT2D eigenvalue weighted by molar-refractivity contribution is -0.148. The third-order valence-electron chi connectivity index (χ3n) is 4.64. The van der Waals surface area contributed by atoms with E-state index in [2.05, 4.69) is 4.98 Å². The number of aryl methyl sites for hydroxylation is 1. The number of nitrogens with zero attached hydrogens (tertiary/aromatic N) is 1. The van der Waals surface area contributed by atoms with Crippen molar-refractivity contribution in [2.24, 2.45) is 0 Å². The predicted molar refractivity (Wildman–Crippen MR) is 93.1 cm³/mol. The number of carbonyl (C=O) groups is 2. The minimum Gasteiger partial charge on any atom is -0.480 e. The Kier molecular flexibility index (Phi) is 5.19. The molecule has 1 aromatic carbocycles. The van der Waals surface area contributed by atoms with Gasteiger partial charge in [0.1, 0.15) is 6.04 Å². The minimum atomic E-state index is -0.973. The van der Waals surface area contributed by atoms with Crippen molar-refractivity contribution < 1.29 is 19.4 Å². The van der Waals surface area contributed by atoms with Crippen LogP contribution in [0.25, 0.3) is 11.3 Å². The van der Waals surface area contributed by atoms with Gasteiger partial charge in [0.25, 0.3) is 0 Å². The molecule has 2 heterocycles. The van der Waals surface area contributed by atoms with Crippen molar-refractivity contribution in [3.63, 3.8) is 0 Å². The van der Waals surface area contributed by atoms with Crippen LogP contribution in [0.4, 0.5) is 0 Å². The fourth-order valence-corrected chi connectivity index (χ4v) is 3.24. The van der Waals surface area contributed by atoms with Crippen molar-refractivity contribution in [3.05, 3.63) is 48.2 Å². The van der Waals surface area contributed by atoms with Crippen LogP contribution in [0, 0.1) is 0 Å². The zero-order valence-corrected chi connectivity index (χ0v) is 14.1. The summed E-state index contributed by atoms with van der Waals surface area (Å²) >= 11 is 0. The van der Waals surface area contributed by atoms with Gasteiger partial charge in [0.15, 0.2) is 0 Å². The normalized spacial score (nSPS) is 20.0. The number of aliphatic carboxylic acids is 1. The second-order valence-corrected chi connectivity index (χ2v) is 6.26. The van der Waals surface area contributed by atoms with Crippen LogP contribution in [0.2, 0.25) is 0 Å². The number of carboxylic acids is 1. The van der Waals surface area contributed by atoms with E-state index in [0.29, 0.717) is 19.4 Å². The Morgan fingerprint density at radius 1 is 1.24 bits per heavy atom. The third kappa shape index (κ3) is 3.91. The average Bonchev–Trinajstić information content (AvgIpc) is 3.27. The summed E-state index contributed by atoms with van der Waals surface area (Å²) in [5.41, 5.74) is 3.06. The summed E-state index contributed by atoms with van der Waals surface area (Å²) in [7, 11) is 1.54. The number of amides is 1. The fraction of sp³-hybridized carbons (Fsp3) is 0.368. The molecular weight excluding hydrogens is 320 g/mol. The van der Waals surface area contributed by atoms with E-state index in [-0.39, 0.29) is 18.4 Å². The molecule has 0 aliphatic carbocycles. The van der Waals surface area contributed by atoms with Gasteiger partial charge in [-0.25, -0.2) is 4.79 Å². The molecule has 6 nitrogen and oxygen atoms in total. The molecule has 1 fully saturated rings. The standard InChI is InChI=1S/C19H22N2O4/c1-25-15-11-17(19(23)24)21(12-15)18(22)10-8-14-7-9-16(20-14)13-5-3-2-4-6-13/h2-7,9,15,17,20H,8,10-12H2,1H3,(H,23,24). The molecule has 3 rings (SSSR count). The maximum absolute atomic E-state index is 12.5. The van der Waals surface area contributed by atoms with Crippen LogP contribution >= 0.6 is 0 Å². The van der Waals surface area contributed by atoms with Gasteiger partial charge < -0.3 is 19.7 Å². The number of hydrogen-bond acceptors (Lipinski definition) is 3. The van der Waals surface area contributed by atoms with Crippen molar-refractivity contribution in [2.45, 2.75) is 31.4 Å². The quantitative estimate of drug-likeness (QED) is 0.844. The second kappa shape index (κ2) is 7.53. The average molecular weight is 342 g/mol. The SMILES string of the molecule is COC1CC(C(=O)O)N(C(=O)CCc2ccc(-c3ccccc3)[nH]2)C1. The Bertz CT molecular complexity index is 741. The Balaban J connectivity index is 1.61. The van der Waals surface area contributed by atoms with E-state index in [4.69, 9.17) is 4.74 Å². The molecule has 1 amide bonds. The molecule has 0 radical (unpaired) electrons. The van der Waals surface area contributed by atoms with Crippen LogP contribution in [-0.4, -0.2) is 52.7 Å². The zero-order valence-electron chi connectivity index (χ0n) is 14.1. The number of nitrogens with one attached hydrogen (secondary N) is 1. The second-order valence-electron chi connectivity index (χ2n) is 6.26. The summed E-state index contributed by atoms with van der Waals surface area (Å²) < 4.78 is 5.22. The van der Waals surface area contributed by atoms with Crippen LogP contribution in [0.3, 0.4) is 0 Å². The van der Waals surface area contributed by atoms with Gasteiger partial charge in [-0.15, -0.1) is 0 Å². The highest BCUT2D eigenvalue weighted by Gasteiger charge is 2.39. The maximum atomic E-state index is 12.5. The Hall–Kier alpha value is -2.60. The van der Waals surface area contributed by atoms with Gasteiger partial charge in [0.2, 0.25) is 5.91 Å². The van der Waals surface area contributed by atoms with Crippen LogP contribution in [-0.2, 0) is 20.7 Å². The van der Waals surface area contributed by atoms with Gasteiger partial charge in [0, 0.05) is 37.9 Å². The summed E-state index contributed by atoms with van der Waals surface area (Å²) in [4.78, 5) is 28.6. The predicted octanol–water partition coefficient (Wildman–Crippen LogP) is 2.31. The van der Waals surface area contributed by atoms with Crippen molar-refractivity contribution in [1.29, 1.82) is 0 Å². The molecule has 6 heteroatoms. The van der Waals surface area contributed by atoms with Gasteiger partial charge in [-0.1, -0.05) is 30.3 Å². The molecule has 25 heavy (non-hydrogen) atoms. The Labute approximate surface area is 146 Å². The van der Waals surface area contributed by atoms with Crippen LogP contribution in [0.1, 0.15) is 18.5 Å². The van der Waals surface area contributed by atoms with E-state index >= 15 is 0 Å². The highest BCUT2D eigenvalue weighted by atomic mass is 16.5. The van der Waals surface area contributed by atoms with Crippen molar-refractivity contribution in [3.8, 4) is 11.3 Å². The minimum absolute atomic E-state index is 0.150. The van der Waals surface area contributed by atoms with Crippen LogP contribution < -0.4 is 0 Å². The molecule has 0 bridgehead atoms. The molecule has 2 atom stereocenters. The number of rotatable bonds is 6. The summed E-state index contributed by atoms with van der Waals surface area (Å²) in [6.07, 6.45) is 0.958. The number of methoxy groups -OCH3 is 1. The molecule has 132 valence electrons. The number of benzene rings is 1. The van der Waals surface area contributed by atoms with E-state index in [1.54, 1.807) is 7.11 Å². The molecular formula is C19H22N2O4. The largest absolute Gasteiger partial charge is 0.480 e. The summed E-state index contributed by atoms with van der Waals surface area (Å²) in [5.74, 6) is -1.12. The topological polar surface area (TPSA) is 82.6 Å². The lowest BCUT2D eigenvalue weighted by Crippen LogP contribution is -2.40. The Morgan fingerprint density at radius 3 is 2.68 bits per heavy atom. The zero-order chi connectivity index (χ0) is 17.8. The molecule has 2 unspecified atom stereocenters. The Morgan fingerprint density at radius 2 is 2.00 bits per heavy atom. The number of carboxylic acid groups (broad SMARTS) is 1. The molecule has 1 saturated heterocycles. The van der Waals surface area contributed by atoms with Crippen LogP contribution in [0.5, 0.6) is 0 Å². The maximum Gasteiger partial charge on any atom is 0.326 e. The molecule has 0 saturated carbocycles. The van der Waals surface area contributed by atoms with Crippen LogP contribution in [0.15, 0.2) is 42.5 Å². The van der Waals surface area contributed by atoms with E-state index in [9.17, 15) is 14.7 Å². The van der Waals surface area contributed by atoms with Gasteiger partial charge in [0.05, 0.1) is 6.10 Å². The number of aromatic amines is 1.